The second-order valence-corrected chi connectivity index (χ2v) is 4.89. The molecule has 0 heterocycles. The summed E-state index contributed by atoms with van der Waals surface area (Å²) in [6, 6.07) is 1.50. The molecule has 0 bridgehead atoms. The van der Waals surface area contributed by atoms with Gasteiger partial charge in [0, 0.05) is 0 Å². The van der Waals surface area contributed by atoms with E-state index in [0.29, 0.717) is 0 Å². The van der Waals surface area contributed by atoms with E-state index >= 15 is 0 Å². The molecular weight excluding hydrogens is 238 g/mol. The first kappa shape index (κ1) is 14.3. The van der Waals surface area contributed by atoms with Gasteiger partial charge in [0.1, 0.15) is 6.54 Å². The zero-order valence-electron chi connectivity index (χ0n) is 8.43. The van der Waals surface area contributed by atoms with Crippen LogP contribution in [0.3, 0.4) is 0 Å². The van der Waals surface area contributed by atoms with Crippen molar-refractivity contribution < 1.29 is 23.1 Å². The first-order valence-electron chi connectivity index (χ1n) is 4.16. The first-order chi connectivity index (χ1) is 7.29. The summed E-state index contributed by atoms with van der Waals surface area (Å²) in [5, 5.41) is 17.3. The molecule has 0 rings (SSSR count). The van der Waals surface area contributed by atoms with E-state index < -0.39 is 40.2 Å². The third-order valence-electron chi connectivity index (χ3n) is 1.52. The summed E-state index contributed by atoms with van der Waals surface area (Å²) < 4.78 is 24.2. The molecule has 0 saturated heterocycles. The van der Waals surface area contributed by atoms with Crippen LogP contribution < -0.4 is 10.0 Å². The minimum absolute atomic E-state index is 0.589. The average Bonchev–Trinajstić information content (AvgIpc) is 2.22. The minimum atomic E-state index is -3.86. The Morgan fingerprint density at radius 1 is 1.44 bits per heavy atom. The Labute approximate surface area is 92.3 Å². The molecule has 1 atom stereocenters. The molecular formula is C7H11N3O5S. The van der Waals surface area contributed by atoms with Gasteiger partial charge in [0.15, 0.2) is 5.25 Å². The van der Waals surface area contributed by atoms with Crippen LogP contribution in [0.5, 0.6) is 0 Å². The molecule has 0 saturated carbocycles. The lowest BCUT2D eigenvalue weighted by molar-refractivity contribution is -0.137. The molecule has 90 valence electrons. The number of nitriles is 1. The number of carbonyl (C=O) groups excluding carboxylic acids is 1. The fourth-order valence-electron chi connectivity index (χ4n) is 0.597. The van der Waals surface area contributed by atoms with Crippen LogP contribution in [0.2, 0.25) is 0 Å². The van der Waals surface area contributed by atoms with Crippen LogP contribution in [0, 0.1) is 11.3 Å². The van der Waals surface area contributed by atoms with Crippen molar-refractivity contribution in [1.29, 1.82) is 5.26 Å². The number of sulfonamides is 1. The Morgan fingerprint density at radius 3 is 2.44 bits per heavy atom. The van der Waals surface area contributed by atoms with Gasteiger partial charge in [0.2, 0.25) is 15.9 Å². The Kier molecular flexibility index (Phi) is 5.41. The summed E-state index contributed by atoms with van der Waals surface area (Å²) >= 11 is 0. The number of carboxylic acid groups (broad SMARTS) is 1. The van der Waals surface area contributed by atoms with Crippen LogP contribution in [0.1, 0.15) is 6.92 Å². The molecule has 8 nitrogen and oxygen atoms in total. The van der Waals surface area contributed by atoms with Gasteiger partial charge in [-0.1, -0.05) is 0 Å². The summed E-state index contributed by atoms with van der Waals surface area (Å²) in [6.45, 7) is -0.0204. The molecule has 0 aromatic carbocycles. The quantitative estimate of drug-likeness (QED) is 0.499. The minimum Gasteiger partial charge on any atom is -0.480 e. The molecule has 0 aromatic heterocycles. The van der Waals surface area contributed by atoms with Crippen molar-refractivity contribution in [1.82, 2.24) is 10.0 Å². The highest BCUT2D eigenvalue weighted by Crippen LogP contribution is 1.94. The van der Waals surface area contributed by atoms with Gasteiger partial charge >= 0.3 is 5.97 Å². The number of carbonyl (C=O) groups is 2. The molecule has 9 heteroatoms. The third kappa shape index (κ3) is 5.28. The second-order valence-electron chi connectivity index (χ2n) is 2.81. The maximum absolute atomic E-state index is 11.2. The molecule has 3 N–H and O–H groups in total. The molecule has 0 aromatic rings. The van der Waals surface area contributed by atoms with E-state index in [0.717, 1.165) is 6.92 Å². The normalized spacial score (nSPS) is 12.5. The highest BCUT2D eigenvalue weighted by molar-refractivity contribution is 7.90. The molecule has 1 amide bonds. The smallest absolute Gasteiger partial charge is 0.322 e. The van der Waals surface area contributed by atoms with Crippen LogP contribution in [-0.4, -0.2) is 43.7 Å². The van der Waals surface area contributed by atoms with Crippen LogP contribution in [-0.2, 0) is 19.6 Å². The fourth-order valence-corrected chi connectivity index (χ4v) is 1.32. The maximum atomic E-state index is 11.2. The number of amides is 1. The summed E-state index contributed by atoms with van der Waals surface area (Å²) in [5.74, 6) is -2.02. The van der Waals surface area contributed by atoms with Crippen LogP contribution in [0.4, 0.5) is 0 Å². The maximum Gasteiger partial charge on any atom is 0.322 e. The topological polar surface area (TPSA) is 136 Å². The van der Waals surface area contributed by atoms with Gasteiger partial charge in [0.25, 0.3) is 0 Å². The Bertz CT molecular complexity index is 410. The monoisotopic (exact) mass is 249 g/mol. The van der Waals surface area contributed by atoms with Crippen LogP contribution in [0.15, 0.2) is 0 Å². The number of nitrogens with zero attached hydrogens (tertiary/aromatic N) is 1. The molecule has 0 fully saturated rings. The van der Waals surface area contributed by atoms with E-state index in [9.17, 15) is 18.0 Å². The predicted molar refractivity (Wildman–Crippen MR) is 52.6 cm³/mol. The van der Waals surface area contributed by atoms with E-state index in [1.807, 2.05) is 10.0 Å². The molecule has 0 radical (unpaired) electrons. The highest BCUT2D eigenvalue weighted by atomic mass is 32.2. The number of hydrogen-bond donors (Lipinski definition) is 3. The van der Waals surface area contributed by atoms with Crippen LogP contribution in [0.25, 0.3) is 0 Å². The highest BCUT2D eigenvalue weighted by Gasteiger charge is 2.20. The van der Waals surface area contributed by atoms with Gasteiger partial charge in [-0.25, -0.2) is 13.1 Å². The Balaban J connectivity index is 4.12. The van der Waals surface area contributed by atoms with E-state index in [2.05, 4.69) is 0 Å². The molecule has 16 heavy (non-hydrogen) atoms. The van der Waals surface area contributed by atoms with E-state index in [4.69, 9.17) is 10.4 Å². The summed E-state index contributed by atoms with van der Waals surface area (Å²) in [5.41, 5.74) is 0. The predicted octanol–water partition coefficient (Wildman–Crippen LogP) is -1.98. The van der Waals surface area contributed by atoms with Crippen molar-refractivity contribution in [3.05, 3.63) is 0 Å². The van der Waals surface area contributed by atoms with Gasteiger partial charge < -0.3 is 10.4 Å². The van der Waals surface area contributed by atoms with Crippen LogP contribution >= 0.6 is 0 Å². The number of carboxylic acids is 1. The third-order valence-corrected chi connectivity index (χ3v) is 3.10. The summed E-state index contributed by atoms with van der Waals surface area (Å²) in [6.07, 6.45) is 0. The summed E-state index contributed by atoms with van der Waals surface area (Å²) in [7, 11) is -3.86. The van der Waals surface area contributed by atoms with Gasteiger partial charge in [-0.05, 0) is 6.92 Å². The van der Waals surface area contributed by atoms with E-state index in [1.54, 1.807) is 0 Å². The standard InChI is InChI=1S/C7H11N3O5S/c1-5(2-8)16(14,15)10-3-6(11)9-4-7(12)13/h5,10H,3-4H2,1H3,(H,9,11)(H,12,13). The number of rotatable bonds is 6. The number of hydrogen-bond acceptors (Lipinski definition) is 5. The SMILES string of the molecule is CC(C#N)S(=O)(=O)NCC(=O)NCC(=O)O. The largest absolute Gasteiger partial charge is 0.480 e. The lowest BCUT2D eigenvalue weighted by Gasteiger charge is -2.07. The Hall–Kier alpha value is -1.66. The van der Waals surface area contributed by atoms with Crippen molar-refractivity contribution in [3.63, 3.8) is 0 Å². The lowest BCUT2D eigenvalue weighted by atomic mass is 10.5. The number of aliphatic carboxylic acids is 1. The second kappa shape index (κ2) is 6.04. The Morgan fingerprint density at radius 2 is 2.00 bits per heavy atom. The van der Waals surface area contributed by atoms with E-state index in [1.165, 1.54) is 6.07 Å². The van der Waals surface area contributed by atoms with Crippen molar-refractivity contribution >= 4 is 21.9 Å². The fraction of sp³-hybridized carbons (Fsp3) is 0.571. The summed E-state index contributed by atoms with van der Waals surface area (Å²) in [4.78, 5) is 21.0. The molecule has 0 aliphatic rings. The molecule has 0 spiro atoms. The van der Waals surface area contributed by atoms with Crippen molar-refractivity contribution in [2.45, 2.75) is 12.2 Å². The van der Waals surface area contributed by atoms with Gasteiger partial charge in [-0.3, -0.25) is 9.59 Å². The van der Waals surface area contributed by atoms with Gasteiger partial charge in [-0.15, -0.1) is 0 Å². The van der Waals surface area contributed by atoms with Gasteiger partial charge in [0.05, 0.1) is 12.6 Å². The van der Waals surface area contributed by atoms with Gasteiger partial charge in [-0.2, -0.15) is 5.26 Å². The van der Waals surface area contributed by atoms with E-state index in [-0.39, 0.29) is 0 Å². The van der Waals surface area contributed by atoms with Crippen molar-refractivity contribution in [3.8, 4) is 6.07 Å². The average molecular weight is 249 g/mol. The molecule has 1 unspecified atom stereocenters. The zero-order chi connectivity index (χ0) is 12.8. The van der Waals surface area contributed by atoms with Crippen molar-refractivity contribution in [2.24, 2.45) is 0 Å². The molecule has 0 aliphatic carbocycles. The van der Waals surface area contributed by atoms with Crippen molar-refractivity contribution in [2.75, 3.05) is 13.1 Å². The lowest BCUT2D eigenvalue weighted by Crippen LogP contribution is -2.41. The molecule has 0 aliphatic heterocycles. The first-order valence-corrected chi connectivity index (χ1v) is 5.71. The zero-order valence-corrected chi connectivity index (χ0v) is 9.24. The number of nitrogens with one attached hydrogen (secondary N) is 2.